The number of halogens is 1. The number of fused-ring (bicyclic) bond motifs is 1. The summed E-state index contributed by atoms with van der Waals surface area (Å²) in [5.74, 6) is 0.467. The Morgan fingerprint density at radius 1 is 1.03 bits per heavy atom. The molecule has 2 heterocycles. The molecule has 0 atom stereocenters. The van der Waals surface area contributed by atoms with Crippen LogP contribution >= 0.6 is 11.6 Å². The summed E-state index contributed by atoms with van der Waals surface area (Å²) in [6.07, 6.45) is 1.48. The van der Waals surface area contributed by atoms with Gasteiger partial charge in [-0.1, -0.05) is 29.8 Å². The van der Waals surface area contributed by atoms with E-state index in [1.807, 2.05) is 25.1 Å². The van der Waals surface area contributed by atoms with Crippen molar-refractivity contribution in [1.29, 1.82) is 0 Å². The third kappa shape index (κ3) is 4.44. The number of furan rings is 1. The first-order valence-corrected chi connectivity index (χ1v) is 11.5. The molecule has 4 rings (SSSR count). The predicted octanol–water partition coefficient (Wildman–Crippen LogP) is 4.78. The Kier molecular flexibility index (Phi) is 5.75. The number of aromatic nitrogens is 1. The second-order valence-electron chi connectivity index (χ2n) is 7.48. The molecule has 1 N–H and O–H groups in total. The SMILES string of the molecule is Cc1ccc2cc(CN(Cc3ccco3)S(=O)(=O)c3ccc(C)c(Cl)c3)c(=O)[nH]c2c1. The van der Waals surface area contributed by atoms with Gasteiger partial charge in [-0.15, -0.1) is 0 Å². The average Bonchev–Trinajstić information content (AvgIpc) is 3.23. The van der Waals surface area contributed by atoms with E-state index in [1.165, 1.54) is 22.7 Å². The van der Waals surface area contributed by atoms with E-state index in [9.17, 15) is 13.2 Å². The van der Waals surface area contributed by atoms with Gasteiger partial charge in [-0.25, -0.2) is 8.42 Å². The molecular formula is C23H21ClN2O4S. The van der Waals surface area contributed by atoms with Crippen molar-refractivity contribution in [3.63, 3.8) is 0 Å². The van der Waals surface area contributed by atoms with Crippen LogP contribution in [0.3, 0.4) is 0 Å². The van der Waals surface area contributed by atoms with Crippen molar-refractivity contribution in [1.82, 2.24) is 9.29 Å². The minimum Gasteiger partial charge on any atom is -0.468 e. The van der Waals surface area contributed by atoms with Gasteiger partial charge in [-0.05, 0) is 66.8 Å². The smallest absolute Gasteiger partial charge is 0.252 e. The fourth-order valence-electron chi connectivity index (χ4n) is 3.35. The lowest BCUT2D eigenvalue weighted by Crippen LogP contribution is -2.32. The maximum absolute atomic E-state index is 13.5. The van der Waals surface area contributed by atoms with Crippen molar-refractivity contribution < 1.29 is 12.8 Å². The average molecular weight is 457 g/mol. The third-order valence-electron chi connectivity index (χ3n) is 5.12. The fourth-order valence-corrected chi connectivity index (χ4v) is 5.01. The zero-order chi connectivity index (χ0) is 22.2. The summed E-state index contributed by atoms with van der Waals surface area (Å²) in [4.78, 5) is 15.6. The Labute approximate surface area is 185 Å². The summed E-state index contributed by atoms with van der Waals surface area (Å²) >= 11 is 6.17. The molecule has 0 aliphatic heterocycles. The lowest BCUT2D eigenvalue weighted by molar-refractivity contribution is 0.357. The van der Waals surface area contributed by atoms with Crippen molar-refractivity contribution >= 4 is 32.5 Å². The molecule has 6 nitrogen and oxygen atoms in total. The minimum absolute atomic E-state index is 0.0216. The standard InChI is InChI=1S/C23H21ClN2O4S/c1-15-5-7-17-11-18(23(27)25-22(17)10-15)13-26(14-19-4-3-9-30-19)31(28,29)20-8-6-16(2)21(24)12-20/h3-12H,13-14H2,1-2H3,(H,25,27). The summed E-state index contributed by atoms with van der Waals surface area (Å²) in [6, 6.07) is 15.4. The summed E-state index contributed by atoms with van der Waals surface area (Å²) in [6.45, 7) is 3.60. The summed E-state index contributed by atoms with van der Waals surface area (Å²) in [5, 5.41) is 1.19. The highest BCUT2D eigenvalue weighted by Gasteiger charge is 2.27. The molecule has 160 valence electrons. The van der Waals surface area contributed by atoms with E-state index in [0.717, 1.165) is 16.5 Å². The topological polar surface area (TPSA) is 83.4 Å². The van der Waals surface area contributed by atoms with Crippen molar-refractivity contribution in [2.75, 3.05) is 0 Å². The second kappa shape index (κ2) is 8.34. The first-order chi connectivity index (χ1) is 14.7. The van der Waals surface area contributed by atoms with Gasteiger partial charge >= 0.3 is 0 Å². The van der Waals surface area contributed by atoms with Crippen molar-refractivity contribution in [2.45, 2.75) is 31.8 Å². The summed E-state index contributed by atoms with van der Waals surface area (Å²) < 4.78 is 33.5. The Morgan fingerprint density at radius 2 is 1.84 bits per heavy atom. The monoisotopic (exact) mass is 456 g/mol. The van der Waals surface area contributed by atoms with Crippen LogP contribution in [-0.2, 0) is 23.1 Å². The van der Waals surface area contributed by atoms with Crippen LogP contribution in [-0.4, -0.2) is 17.7 Å². The van der Waals surface area contributed by atoms with Gasteiger partial charge in [-0.3, -0.25) is 4.79 Å². The maximum Gasteiger partial charge on any atom is 0.252 e. The van der Waals surface area contributed by atoms with Gasteiger partial charge in [0.2, 0.25) is 10.0 Å². The number of pyridine rings is 1. The van der Waals surface area contributed by atoms with Gasteiger partial charge < -0.3 is 9.40 Å². The number of hydrogen-bond acceptors (Lipinski definition) is 4. The molecule has 4 aromatic rings. The molecule has 0 amide bonds. The highest BCUT2D eigenvalue weighted by Crippen LogP contribution is 2.25. The number of aromatic amines is 1. The molecule has 2 aromatic heterocycles. The first-order valence-electron chi connectivity index (χ1n) is 9.65. The predicted molar refractivity (Wildman–Crippen MR) is 121 cm³/mol. The number of nitrogens with zero attached hydrogens (tertiary/aromatic N) is 1. The molecule has 0 bridgehead atoms. The lowest BCUT2D eigenvalue weighted by atomic mass is 10.1. The largest absolute Gasteiger partial charge is 0.468 e. The number of benzene rings is 2. The Balaban J connectivity index is 1.77. The van der Waals surface area contributed by atoms with E-state index in [0.29, 0.717) is 21.9 Å². The Bertz CT molecular complexity index is 1410. The van der Waals surface area contributed by atoms with Crippen LogP contribution in [0.15, 0.2) is 75.0 Å². The zero-order valence-electron chi connectivity index (χ0n) is 17.1. The molecule has 8 heteroatoms. The molecule has 0 saturated carbocycles. The molecule has 31 heavy (non-hydrogen) atoms. The van der Waals surface area contributed by atoms with E-state index in [4.69, 9.17) is 16.0 Å². The molecule has 2 aromatic carbocycles. The van der Waals surface area contributed by atoms with Gasteiger partial charge in [0.1, 0.15) is 5.76 Å². The van der Waals surface area contributed by atoms with Gasteiger partial charge in [0.15, 0.2) is 0 Å². The van der Waals surface area contributed by atoms with Crippen molar-refractivity contribution in [3.05, 3.63) is 98.7 Å². The quantitative estimate of drug-likeness (QED) is 0.452. The van der Waals surface area contributed by atoms with Crippen LogP contribution < -0.4 is 5.56 Å². The molecule has 0 radical (unpaired) electrons. The number of aryl methyl sites for hydroxylation is 2. The van der Waals surface area contributed by atoms with E-state index in [2.05, 4.69) is 4.98 Å². The summed E-state index contributed by atoms with van der Waals surface area (Å²) in [5.41, 5.74) is 2.51. The number of rotatable bonds is 6. The third-order valence-corrected chi connectivity index (χ3v) is 7.31. The van der Waals surface area contributed by atoms with Crippen LogP contribution in [0.5, 0.6) is 0 Å². The Morgan fingerprint density at radius 3 is 2.55 bits per heavy atom. The molecule has 0 spiro atoms. The Hall–Kier alpha value is -2.87. The van der Waals surface area contributed by atoms with Crippen LogP contribution in [0.4, 0.5) is 0 Å². The van der Waals surface area contributed by atoms with E-state index in [1.54, 1.807) is 31.2 Å². The number of sulfonamides is 1. The molecule has 0 aliphatic carbocycles. The van der Waals surface area contributed by atoms with Crippen LogP contribution in [0.1, 0.15) is 22.5 Å². The normalized spacial score (nSPS) is 12.0. The number of nitrogens with one attached hydrogen (secondary N) is 1. The van der Waals surface area contributed by atoms with Gasteiger partial charge in [0, 0.05) is 22.6 Å². The summed E-state index contributed by atoms with van der Waals surface area (Å²) in [7, 11) is -3.96. The molecular weight excluding hydrogens is 436 g/mol. The molecule has 0 unspecified atom stereocenters. The van der Waals surface area contributed by atoms with Crippen molar-refractivity contribution in [3.8, 4) is 0 Å². The molecule has 0 aliphatic rings. The van der Waals surface area contributed by atoms with Gasteiger partial charge in [-0.2, -0.15) is 4.31 Å². The highest BCUT2D eigenvalue weighted by molar-refractivity contribution is 7.89. The van der Waals surface area contributed by atoms with Gasteiger partial charge in [0.05, 0.1) is 17.7 Å². The molecule has 0 saturated heterocycles. The maximum atomic E-state index is 13.5. The molecule has 0 fully saturated rings. The van der Waals surface area contributed by atoms with E-state index < -0.39 is 10.0 Å². The van der Waals surface area contributed by atoms with Crippen LogP contribution in [0.25, 0.3) is 10.9 Å². The van der Waals surface area contributed by atoms with E-state index >= 15 is 0 Å². The number of hydrogen-bond donors (Lipinski definition) is 1. The van der Waals surface area contributed by atoms with Crippen LogP contribution in [0, 0.1) is 13.8 Å². The minimum atomic E-state index is -3.96. The number of H-pyrrole nitrogens is 1. The highest BCUT2D eigenvalue weighted by atomic mass is 35.5. The lowest BCUT2D eigenvalue weighted by Gasteiger charge is -2.21. The fraction of sp³-hybridized carbons (Fsp3) is 0.174. The van der Waals surface area contributed by atoms with Crippen LogP contribution in [0.2, 0.25) is 5.02 Å². The zero-order valence-corrected chi connectivity index (χ0v) is 18.6. The first kappa shape index (κ1) is 21.4. The van der Waals surface area contributed by atoms with Gasteiger partial charge in [0.25, 0.3) is 5.56 Å². The van der Waals surface area contributed by atoms with Crippen molar-refractivity contribution in [2.24, 2.45) is 0 Å². The van der Waals surface area contributed by atoms with E-state index in [-0.39, 0.29) is 23.5 Å². The second-order valence-corrected chi connectivity index (χ2v) is 9.82.